The molecule has 0 saturated heterocycles. The summed E-state index contributed by atoms with van der Waals surface area (Å²) in [6, 6.07) is 3.37. The first-order chi connectivity index (χ1) is 9.38. The molecule has 1 aromatic carbocycles. The van der Waals surface area contributed by atoms with Gasteiger partial charge < -0.3 is 10.1 Å². The van der Waals surface area contributed by atoms with Gasteiger partial charge in [0.2, 0.25) is 5.96 Å². The molecule has 1 rings (SSSR count). The molecular weight excluding hydrogens is 297 g/mol. The van der Waals surface area contributed by atoms with Crippen molar-refractivity contribution in [3.63, 3.8) is 0 Å². The fourth-order valence-corrected chi connectivity index (χ4v) is 1.53. The van der Waals surface area contributed by atoms with E-state index in [1.807, 2.05) is 0 Å². The molecule has 0 atom stereocenters. The van der Waals surface area contributed by atoms with Crippen LogP contribution in [-0.2, 0) is 10.9 Å². The van der Waals surface area contributed by atoms with E-state index in [4.69, 9.17) is 22.2 Å². The van der Waals surface area contributed by atoms with E-state index in [1.54, 1.807) is 0 Å². The molecule has 1 aromatic rings. The number of anilines is 1. The molecule has 0 aromatic heterocycles. The number of hydrogen-bond acceptors (Lipinski definition) is 3. The minimum absolute atomic E-state index is 0.00475. The lowest BCUT2D eigenvalue weighted by Crippen LogP contribution is -2.37. The van der Waals surface area contributed by atoms with E-state index < -0.39 is 11.7 Å². The number of nitrogens with two attached hydrogens (primary N) is 1. The highest BCUT2D eigenvalue weighted by molar-refractivity contribution is 6.30. The van der Waals surface area contributed by atoms with Crippen molar-refractivity contribution in [2.45, 2.75) is 6.18 Å². The van der Waals surface area contributed by atoms with E-state index in [1.165, 1.54) is 19.2 Å². The summed E-state index contributed by atoms with van der Waals surface area (Å²) >= 11 is 5.58. The zero-order valence-corrected chi connectivity index (χ0v) is 11.3. The van der Waals surface area contributed by atoms with Crippen LogP contribution in [-0.4, -0.2) is 26.2 Å². The van der Waals surface area contributed by atoms with E-state index in [-0.39, 0.29) is 23.2 Å². The van der Waals surface area contributed by atoms with Crippen molar-refractivity contribution < 1.29 is 17.9 Å². The third kappa shape index (κ3) is 4.87. The predicted octanol–water partition coefficient (Wildman–Crippen LogP) is 2.24. The molecule has 5 nitrogen and oxygen atoms in total. The van der Waals surface area contributed by atoms with Crippen molar-refractivity contribution >= 4 is 23.2 Å². The standard InChI is InChI=1S/C11H14ClF3N4O/c1-20-5-4-17-10(19-16)18-9-3-2-7(12)6-8(9)11(13,14)15/h2-3,6H,4-5,16H2,1H3,(H2,17,18,19). The molecule has 0 fully saturated rings. The molecule has 0 amide bonds. The Hall–Kier alpha value is -1.51. The van der Waals surface area contributed by atoms with Crippen LogP contribution < -0.4 is 16.6 Å². The van der Waals surface area contributed by atoms with Gasteiger partial charge in [0.1, 0.15) is 0 Å². The third-order valence-corrected chi connectivity index (χ3v) is 2.48. The number of nitrogens with one attached hydrogen (secondary N) is 2. The van der Waals surface area contributed by atoms with Crippen molar-refractivity contribution in [1.82, 2.24) is 5.43 Å². The van der Waals surface area contributed by atoms with E-state index in [0.717, 1.165) is 6.07 Å². The van der Waals surface area contributed by atoms with Gasteiger partial charge in [-0.1, -0.05) is 11.6 Å². The van der Waals surface area contributed by atoms with Gasteiger partial charge in [-0.05, 0) is 18.2 Å². The second-order valence-corrected chi connectivity index (χ2v) is 4.12. The number of rotatable bonds is 4. The Bertz CT molecular complexity index is 479. The molecular formula is C11H14ClF3N4O. The Morgan fingerprint density at radius 3 is 2.70 bits per heavy atom. The van der Waals surface area contributed by atoms with Crippen LogP contribution in [0.15, 0.2) is 23.2 Å². The number of methoxy groups -OCH3 is 1. The largest absolute Gasteiger partial charge is 0.418 e. The zero-order valence-electron chi connectivity index (χ0n) is 10.6. The Kier molecular flexibility index (Phi) is 6.05. The maximum absolute atomic E-state index is 12.9. The van der Waals surface area contributed by atoms with Crippen LogP contribution in [0.5, 0.6) is 0 Å². The summed E-state index contributed by atoms with van der Waals surface area (Å²) in [7, 11) is 1.49. The van der Waals surface area contributed by atoms with E-state index in [2.05, 4.69) is 15.7 Å². The number of nitrogens with zero attached hydrogens (tertiary/aromatic N) is 1. The Balaban J connectivity index is 2.98. The minimum atomic E-state index is -4.54. The fourth-order valence-electron chi connectivity index (χ4n) is 1.36. The summed E-state index contributed by atoms with van der Waals surface area (Å²) in [6.45, 7) is 0.567. The van der Waals surface area contributed by atoms with Crippen molar-refractivity contribution in [1.29, 1.82) is 0 Å². The average molecular weight is 311 g/mol. The Morgan fingerprint density at radius 2 is 2.15 bits per heavy atom. The van der Waals surface area contributed by atoms with Gasteiger partial charge in [-0.2, -0.15) is 13.2 Å². The van der Waals surface area contributed by atoms with E-state index >= 15 is 0 Å². The highest BCUT2D eigenvalue weighted by atomic mass is 35.5. The lowest BCUT2D eigenvalue weighted by molar-refractivity contribution is -0.136. The van der Waals surface area contributed by atoms with Crippen LogP contribution in [0.3, 0.4) is 0 Å². The van der Waals surface area contributed by atoms with Crippen LogP contribution in [0.4, 0.5) is 18.9 Å². The second-order valence-electron chi connectivity index (χ2n) is 3.68. The number of guanidine groups is 1. The van der Waals surface area contributed by atoms with E-state index in [9.17, 15) is 13.2 Å². The molecule has 112 valence electrons. The zero-order chi connectivity index (χ0) is 15.2. The summed E-state index contributed by atoms with van der Waals surface area (Å²) in [5, 5.41) is 2.46. The number of aliphatic imine (C=N–C) groups is 1. The molecule has 0 bridgehead atoms. The van der Waals surface area contributed by atoms with Gasteiger partial charge in [0.05, 0.1) is 24.4 Å². The Labute approximate surface area is 118 Å². The Morgan fingerprint density at radius 1 is 1.45 bits per heavy atom. The van der Waals surface area contributed by atoms with Gasteiger partial charge in [0.25, 0.3) is 0 Å². The summed E-state index contributed by atoms with van der Waals surface area (Å²) in [6.07, 6.45) is -4.54. The molecule has 0 saturated carbocycles. The SMILES string of the molecule is COCCN=C(NN)Nc1ccc(Cl)cc1C(F)(F)F. The normalized spacial score (nSPS) is 12.4. The van der Waals surface area contributed by atoms with Crippen LogP contribution in [0, 0.1) is 0 Å². The lowest BCUT2D eigenvalue weighted by Gasteiger charge is -2.15. The number of alkyl halides is 3. The van der Waals surface area contributed by atoms with Crippen LogP contribution in [0.1, 0.15) is 5.56 Å². The molecule has 4 N–H and O–H groups in total. The topological polar surface area (TPSA) is 71.7 Å². The molecule has 9 heteroatoms. The minimum Gasteiger partial charge on any atom is -0.383 e. The van der Waals surface area contributed by atoms with Gasteiger partial charge >= 0.3 is 6.18 Å². The number of hydrazine groups is 1. The van der Waals surface area contributed by atoms with Crippen LogP contribution in [0.25, 0.3) is 0 Å². The maximum atomic E-state index is 12.9. The molecule has 0 aliphatic carbocycles. The smallest absolute Gasteiger partial charge is 0.383 e. The number of ether oxygens (including phenoxy) is 1. The van der Waals surface area contributed by atoms with Gasteiger partial charge in [-0.25, -0.2) is 10.8 Å². The molecule has 0 aliphatic heterocycles. The highest BCUT2D eigenvalue weighted by Crippen LogP contribution is 2.36. The first kappa shape index (κ1) is 16.5. The number of halogens is 4. The fraction of sp³-hybridized carbons (Fsp3) is 0.364. The highest BCUT2D eigenvalue weighted by Gasteiger charge is 2.34. The summed E-state index contributed by atoms with van der Waals surface area (Å²) in [5.41, 5.74) is 1.08. The first-order valence-electron chi connectivity index (χ1n) is 5.52. The molecule has 0 radical (unpaired) electrons. The van der Waals surface area contributed by atoms with Gasteiger partial charge in [0.15, 0.2) is 0 Å². The van der Waals surface area contributed by atoms with Crippen molar-refractivity contribution in [3.05, 3.63) is 28.8 Å². The summed E-state index contributed by atoms with van der Waals surface area (Å²) in [4.78, 5) is 3.92. The summed E-state index contributed by atoms with van der Waals surface area (Å²) < 4.78 is 43.4. The van der Waals surface area contributed by atoms with Gasteiger partial charge in [-0.15, -0.1) is 0 Å². The van der Waals surface area contributed by atoms with Crippen LogP contribution >= 0.6 is 11.6 Å². The van der Waals surface area contributed by atoms with Gasteiger partial charge in [0, 0.05) is 12.1 Å². The summed E-state index contributed by atoms with van der Waals surface area (Å²) in [5.74, 6) is 5.20. The predicted molar refractivity (Wildman–Crippen MR) is 71.6 cm³/mol. The number of hydrogen-bond donors (Lipinski definition) is 3. The lowest BCUT2D eigenvalue weighted by atomic mass is 10.1. The monoisotopic (exact) mass is 310 g/mol. The molecule has 0 spiro atoms. The molecule has 20 heavy (non-hydrogen) atoms. The van der Waals surface area contributed by atoms with Crippen molar-refractivity contribution in [2.24, 2.45) is 10.8 Å². The second kappa shape index (κ2) is 7.32. The first-order valence-corrected chi connectivity index (χ1v) is 5.90. The van der Waals surface area contributed by atoms with Crippen molar-refractivity contribution in [3.8, 4) is 0 Å². The average Bonchev–Trinajstić information content (AvgIpc) is 2.38. The van der Waals surface area contributed by atoms with Crippen LogP contribution in [0.2, 0.25) is 5.02 Å². The third-order valence-electron chi connectivity index (χ3n) is 2.24. The maximum Gasteiger partial charge on any atom is 0.418 e. The molecule has 0 unspecified atom stereocenters. The molecule has 0 heterocycles. The number of benzene rings is 1. The quantitative estimate of drug-likeness (QED) is 0.262. The van der Waals surface area contributed by atoms with Gasteiger partial charge in [-0.3, -0.25) is 5.43 Å². The molecule has 0 aliphatic rings. The van der Waals surface area contributed by atoms with E-state index in [0.29, 0.717) is 6.61 Å². The van der Waals surface area contributed by atoms with Crippen molar-refractivity contribution in [2.75, 3.05) is 25.6 Å².